The molecule has 0 saturated heterocycles. The average molecular weight is 503 g/mol. The van der Waals surface area contributed by atoms with Gasteiger partial charge in [0.05, 0.1) is 12.1 Å². The highest BCUT2D eigenvalue weighted by Gasteiger charge is 2.46. The van der Waals surface area contributed by atoms with Crippen LogP contribution in [0.4, 0.5) is 11.4 Å². The summed E-state index contributed by atoms with van der Waals surface area (Å²) in [7, 11) is 0. The van der Waals surface area contributed by atoms with E-state index in [0.29, 0.717) is 11.1 Å². The summed E-state index contributed by atoms with van der Waals surface area (Å²) in [4.78, 5) is 0. The Labute approximate surface area is 223 Å². The molecule has 0 amide bonds. The molecule has 4 aromatic carbocycles. The molecule has 2 aliphatic heterocycles. The first-order valence-corrected chi connectivity index (χ1v) is 13.5. The number of fused-ring (bicyclic) bond motifs is 6. The van der Waals surface area contributed by atoms with Gasteiger partial charge in [0.15, 0.2) is 0 Å². The Kier molecular flexibility index (Phi) is 4.92. The fraction of sp³-hybridized carbons (Fsp3) is 0.294. The fourth-order valence-corrected chi connectivity index (χ4v) is 7.02. The number of aliphatic hydroxyl groups excluding tert-OH is 2. The van der Waals surface area contributed by atoms with Crippen LogP contribution in [0.2, 0.25) is 0 Å². The number of hydrogen-bond donors (Lipinski definition) is 4. The van der Waals surface area contributed by atoms with Crippen LogP contribution >= 0.6 is 0 Å². The molecular weight excluding hydrogens is 468 g/mol. The lowest BCUT2D eigenvalue weighted by Gasteiger charge is -2.39. The molecular formula is C34H34N2O2. The van der Waals surface area contributed by atoms with Crippen LogP contribution in [-0.4, -0.2) is 34.5 Å². The maximum atomic E-state index is 11.2. The molecule has 192 valence electrons. The zero-order valence-corrected chi connectivity index (χ0v) is 22.3. The Hall–Kier alpha value is -3.60. The second-order valence-electron chi connectivity index (χ2n) is 12.2. The highest BCUT2D eigenvalue weighted by atomic mass is 16.3. The molecule has 2 unspecified atom stereocenters. The maximum absolute atomic E-state index is 11.2. The molecule has 2 atom stereocenters. The van der Waals surface area contributed by atoms with Crippen molar-refractivity contribution in [3.8, 4) is 0 Å². The summed E-state index contributed by atoms with van der Waals surface area (Å²) in [5, 5.41) is 34.7. The summed E-state index contributed by atoms with van der Waals surface area (Å²) in [5.74, 6) is 0. The molecule has 0 aromatic heterocycles. The Morgan fingerprint density at radius 2 is 0.974 bits per heavy atom. The van der Waals surface area contributed by atoms with E-state index < -0.39 is 12.2 Å². The lowest BCUT2D eigenvalue weighted by atomic mass is 9.71. The quantitative estimate of drug-likeness (QED) is 0.239. The molecule has 4 N–H and O–H groups in total. The molecule has 38 heavy (non-hydrogen) atoms. The van der Waals surface area contributed by atoms with Gasteiger partial charge in [-0.05, 0) is 56.0 Å². The highest BCUT2D eigenvalue weighted by molar-refractivity contribution is 5.94. The predicted octanol–water partition coefficient (Wildman–Crippen LogP) is 6.42. The number of hydrogen-bond acceptors (Lipinski definition) is 4. The molecule has 4 nitrogen and oxygen atoms in total. The van der Waals surface area contributed by atoms with E-state index in [9.17, 15) is 10.2 Å². The molecule has 1 saturated carbocycles. The number of aliphatic hydroxyl groups is 2. The summed E-state index contributed by atoms with van der Waals surface area (Å²) < 4.78 is 0. The van der Waals surface area contributed by atoms with Crippen molar-refractivity contribution in [3.05, 3.63) is 107 Å². The van der Waals surface area contributed by atoms with Gasteiger partial charge in [0.1, 0.15) is 12.2 Å². The van der Waals surface area contributed by atoms with Crippen LogP contribution in [0.25, 0.3) is 21.5 Å². The van der Waals surface area contributed by atoms with E-state index in [0.717, 1.165) is 11.4 Å². The van der Waals surface area contributed by atoms with Gasteiger partial charge in [0.2, 0.25) is 0 Å². The number of nitrogens with one attached hydrogen (secondary N) is 2. The summed E-state index contributed by atoms with van der Waals surface area (Å²) in [6, 6.07) is 25.5. The van der Waals surface area contributed by atoms with Crippen molar-refractivity contribution in [1.82, 2.24) is 0 Å². The SMILES string of the molecule is CC1(C)c2c(ccc3ccccc23)NC1C=C1C(O)C(=CC2Nc3ccc4ccccc4c3C2(C)C)C1O. The van der Waals surface area contributed by atoms with E-state index in [2.05, 4.69) is 123 Å². The van der Waals surface area contributed by atoms with Gasteiger partial charge < -0.3 is 20.8 Å². The Balaban J connectivity index is 1.18. The monoisotopic (exact) mass is 502 g/mol. The molecule has 0 spiro atoms. The summed E-state index contributed by atoms with van der Waals surface area (Å²) >= 11 is 0. The topological polar surface area (TPSA) is 64.5 Å². The third kappa shape index (κ3) is 3.17. The van der Waals surface area contributed by atoms with E-state index in [1.54, 1.807) is 0 Å². The van der Waals surface area contributed by atoms with Gasteiger partial charge in [-0.3, -0.25) is 0 Å². The third-order valence-corrected chi connectivity index (χ3v) is 9.30. The van der Waals surface area contributed by atoms with Crippen molar-refractivity contribution < 1.29 is 10.2 Å². The standard InChI is InChI=1S/C34H34N2O2/c1-33(2)27(35-25-15-13-19-9-5-7-11-21(19)29(25)33)17-23-31(37)24(32(23)38)18-28-34(3,4)30-22-12-8-6-10-20(22)14-16-26(30)36-28/h5-18,27-28,31-32,35-38H,1-4H3. The van der Waals surface area contributed by atoms with Crippen molar-refractivity contribution in [1.29, 1.82) is 0 Å². The molecule has 4 aromatic rings. The van der Waals surface area contributed by atoms with Crippen molar-refractivity contribution in [3.63, 3.8) is 0 Å². The largest absolute Gasteiger partial charge is 0.384 e. The van der Waals surface area contributed by atoms with Gasteiger partial charge in [0, 0.05) is 22.2 Å². The second kappa shape index (κ2) is 7.95. The Morgan fingerprint density at radius 1 is 0.579 bits per heavy atom. The van der Waals surface area contributed by atoms with E-state index in [4.69, 9.17) is 0 Å². The van der Waals surface area contributed by atoms with Crippen LogP contribution in [0.3, 0.4) is 0 Å². The predicted molar refractivity (Wildman–Crippen MR) is 157 cm³/mol. The molecule has 0 radical (unpaired) electrons. The van der Waals surface area contributed by atoms with Crippen LogP contribution in [0, 0.1) is 0 Å². The molecule has 3 aliphatic rings. The van der Waals surface area contributed by atoms with Gasteiger partial charge in [-0.15, -0.1) is 0 Å². The number of anilines is 2. The summed E-state index contributed by atoms with van der Waals surface area (Å²) in [6.07, 6.45) is 2.55. The number of rotatable bonds is 2. The van der Waals surface area contributed by atoms with Crippen molar-refractivity contribution in [2.45, 2.75) is 62.8 Å². The zero-order valence-electron chi connectivity index (χ0n) is 22.3. The summed E-state index contributed by atoms with van der Waals surface area (Å²) in [6.45, 7) is 8.95. The lowest BCUT2D eigenvalue weighted by Crippen LogP contribution is -2.45. The van der Waals surface area contributed by atoms with E-state index in [-0.39, 0.29) is 22.9 Å². The maximum Gasteiger partial charge on any atom is 0.102 e. The van der Waals surface area contributed by atoms with E-state index in [1.807, 2.05) is 0 Å². The molecule has 1 aliphatic carbocycles. The number of benzene rings is 4. The van der Waals surface area contributed by atoms with Crippen molar-refractivity contribution in [2.24, 2.45) is 0 Å². The van der Waals surface area contributed by atoms with Crippen LogP contribution < -0.4 is 10.6 Å². The lowest BCUT2D eigenvalue weighted by molar-refractivity contribution is 0.105. The molecule has 1 fully saturated rings. The van der Waals surface area contributed by atoms with Gasteiger partial charge >= 0.3 is 0 Å². The van der Waals surface area contributed by atoms with Gasteiger partial charge in [-0.1, -0.05) is 101 Å². The first-order chi connectivity index (χ1) is 18.2. The minimum atomic E-state index is -0.777. The average Bonchev–Trinajstić information content (AvgIpc) is 3.33. The second-order valence-corrected chi connectivity index (χ2v) is 12.2. The smallest absolute Gasteiger partial charge is 0.102 e. The Morgan fingerprint density at radius 3 is 1.39 bits per heavy atom. The van der Waals surface area contributed by atoms with E-state index >= 15 is 0 Å². The van der Waals surface area contributed by atoms with Crippen LogP contribution in [0.15, 0.2) is 96.1 Å². The fourth-order valence-electron chi connectivity index (χ4n) is 7.02. The third-order valence-electron chi connectivity index (χ3n) is 9.30. The van der Waals surface area contributed by atoms with E-state index in [1.165, 1.54) is 32.7 Å². The first kappa shape index (κ1) is 23.5. The highest BCUT2D eigenvalue weighted by Crippen LogP contribution is 2.49. The first-order valence-electron chi connectivity index (χ1n) is 13.5. The summed E-state index contributed by atoms with van der Waals surface area (Å²) in [5.41, 5.74) is 5.79. The Bertz CT molecular complexity index is 1540. The van der Waals surface area contributed by atoms with Crippen LogP contribution in [0.1, 0.15) is 38.8 Å². The minimum absolute atomic E-state index is 0.0270. The zero-order chi connectivity index (χ0) is 26.4. The molecule has 4 heteroatoms. The van der Waals surface area contributed by atoms with Crippen LogP contribution in [0.5, 0.6) is 0 Å². The normalized spacial score (nSPS) is 26.4. The van der Waals surface area contributed by atoms with Crippen molar-refractivity contribution >= 4 is 32.9 Å². The van der Waals surface area contributed by atoms with Crippen molar-refractivity contribution in [2.75, 3.05) is 10.6 Å². The van der Waals surface area contributed by atoms with Gasteiger partial charge in [-0.25, -0.2) is 0 Å². The molecule has 0 bridgehead atoms. The molecule has 2 heterocycles. The minimum Gasteiger partial charge on any atom is -0.384 e. The van der Waals surface area contributed by atoms with Gasteiger partial charge in [-0.2, -0.15) is 0 Å². The van der Waals surface area contributed by atoms with Crippen LogP contribution in [-0.2, 0) is 10.8 Å². The molecule has 7 rings (SSSR count). The van der Waals surface area contributed by atoms with Gasteiger partial charge in [0.25, 0.3) is 0 Å².